The van der Waals surface area contributed by atoms with Crippen LogP contribution in [-0.2, 0) is 0 Å². The Morgan fingerprint density at radius 1 is 1.27 bits per heavy atom. The molecule has 1 saturated heterocycles. The molecule has 4 nitrogen and oxygen atoms in total. The van der Waals surface area contributed by atoms with E-state index in [9.17, 15) is 18.0 Å². The molecular formula is C15H19F3N2O2. The molecular weight excluding hydrogens is 297 g/mol. The zero-order chi connectivity index (χ0) is 16.2. The number of benzene rings is 1. The van der Waals surface area contributed by atoms with E-state index in [0.717, 1.165) is 31.5 Å². The standard InChI is InChI=1S/C15H19F3N2O2/c1-19-10-11-6-8-20(9-7-11)14(21)12-2-4-13(5-3-12)22-15(16,17)18/h2-5,11,19H,6-10H2,1H3. The second-order valence-corrected chi connectivity index (χ2v) is 5.37. The molecule has 0 saturated carbocycles. The molecule has 1 amide bonds. The summed E-state index contributed by atoms with van der Waals surface area (Å²) >= 11 is 0. The molecule has 0 atom stereocenters. The maximum absolute atomic E-state index is 12.3. The topological polar surface area (TPSA) is 41.6 Å². The van der Waals surface area contributed by atoms with Crippen molar-refractivity contribution in [2.75, 3.05) is 26.7 Å². The summed E-state index contributed by atoms with van der Waals surface area (Å²) in [5.41, 5.74) is 0.376. The maximum atomic E-state index is 12.3. The van der Waals surface area contributed by atoms with Crippen molar-refractivity contribution in [2.45, 2.75) is 19.2 Å². The molecule has 1 aromatic carbocycles. The number of nitrogens with one attached hydrogen (secondary N) is 1. The van der Waals surface area contributed by atoms with Gasteiger partial charge in [0.15, 0.2) is 0 Å². The first-order valence-corrected chi connectivity index (χ1v) is 7.19. The minimum Gasteiger partial charge on any atom is -0.406 e. The van der Waals surface area contributed by atoms with Gasteiger partial charge in [-0.3, -0.25) is 4.79 Å². The monoisotopic (exact) mass is 316 g/mol. The van der Waals surface area contributed by atoms with E-state index < -0.39 is 6.36 Å². The largest absolute Gasteiger partial charge is 0.573 e. The Kier molecular flexibility index (Phi) is 5.28. The van der Waals surface area contributed by atoms with Gasteiger partial charge in [-0.2, -0.15) is 0 Å². The van der Waals surface area contributed by atoms with Gasteiger partial charge in [-0.1, -0.05) is 0 Å². The Balaban J connectivity index is 1.93. The number of nitrogens with zero attached hydrogens (tertiary/aromatic N) is 1. The third-order valence-electron chi connectivity index (χ3n) is 3.73. The van der Waals surface area contributed by atoms with Crippen molar-refractivity contribution in [1.82, 2.24) is 10.2 Å². The molecule has 1 aliphatic rings. The maximum Gasteiger partial charge on any atom is 0.573 e. The van der Waals surface area contributed by atoms with Crippen LogP contribution >= 0.6 is 0 Å². The highest BCUT2D eigenvalue weighted by Crippen LogP contribution is 2.24. The molecule has 0 spiro atoms. The lowest BCUT2D eigenvalue weighted by atomic mass is 9.96. The smallest absolute Gasteiger partial charge is 0.406 e. The van der Waals surface area contributed by atoms with Crippen LogP contribution in [0.1, 0.15) is 23.2 Å². The van der Waals surface area contributed by atoms with Crippen molar-refractivity contribution in [3.63, 3.8) is 0 Å². The van der Waals surface area contributed by atoms with E-state index in [4.69, 9.17) is 0 Å². The second-order valence-electron chi connectivity index (χ2n) is 5.37. The second kappa shape index (κ2) is 7.00. The summed E-state index contributed by atoms with van der Waals surface area (Å²) in [5.74, 6) is 0.0925. The minimum atomic E-state index is -4.72. The van der Waals surface area contributed by atoms with Crippen molar-refractivity contribution in [2.24, 2.45) is 5.92 Å². The molecule has 0 aromatic heterocycles. The van der Waals surface area contributed by atoms with Gasteiger partial charge in [-0.15, -0.1) is 13.2 Å². The summed E-state index contributed by atoms with van der Waals surface area (Å²) < 4.78 is 40.1. The Morgan fingerprint density at radius 3 is 2.36 bits per heavy atom. The first-order chi connectivity index (χ1) is 10.4. The first-order valence-electron chi connectivity index (χ1n) is 7.19. The van der Waals surface area contributed by atoms with E-state index in [2.05, 4.69) is 10.1 Å². The molecule has 2 rings (SSSR count). The molecule has 1 aliphatic heterocycles. The van der Waals surface area contributed by atoms with Crippen molar-refractivity contribution < 1.29 is 22.7 Å². The zero-order valence-corrected chi connectivity index (χ0v) is 12.3. The Labute approximate surface area is 127 Å². The summed E-state index contributed by atoms with van der Waals surface area (Å²) in [7, 11) is 1.90. The van der Waals surface area contributed by atoms with E-state index in [1.54, 1.807) is 4.90 Å². The quantitative estimate of drug-likeness (QED) is 0.928. The molecule has 1 N–H and O–H groups in total. The highest BCUT2D eigenvalue weighted by molar-refractivity contribution is 5.94. The SMILES string of the molecule is CNCC1CCN(C(=O)c2ccc(OC(F)(F)F)cc2)CC1. The van der Waals surface area contributed by atoms with Crippen molar-refractivity contribution in [3.8, 4) is 5.75 Å². The number of hydrogen-bond acceptors (Lipinski definition) is 3. The molecule has 0 aliphatic carbocycles. The number of alkyl halides is 3. The van der Waals surface area contributed by atoms with E-state index in [1.807, 2.05) is 7.05 Å². The van der Waals surface area contributed by atoms with Gasteiger partial charge < -0.3 is 15.0 Å². The number of ether oxygens (including phenoxy) is 1. The third-order valence-corrected chi connectivity index (χ3v) is 3.73. The number of likely N-dealkylation sites (tertiary alicyclic amines) is 1. The first kappa shape index (κ1) is 16.6. The van der Waals surface area contributed by atoms with E-state index in [-0.39, 0.29) is 11.7 Å². The Bertz CT molecular complexity index is 495. The number of carbonyl (C=O) groups excluding carboxylic acids is 1. The fraction of sp³-hybridized carbons (Fsp3) is 0.533. The van der Waals surface area contributed by atoms with E-state index >= 15 is 0 Å². The van der Waals surface area contributed by atoms with Crippen molar-refractivity contribution in [1.29, 1.82) is 0 Å². The number of hydrogen-bond donors (Lipinski definition) is 1. The lowest BCUT2D eigenvalue weighted by Gasteiger charge is -2.32. The highest BCUT2D eigenvalue weighted by Gasteiger charge is 2.31. The predicted molar refractivity (Wildman–Crippen MR) is 75.7 cm³/mol. The summed E-state index contributed by atoms with van der Waals surface area (Å²) in [6, 6.07) is 5.05. The lowest BCUT2D eigenvalue weighted by Crippen LogP contribution is -2.40. The number of carbonyl (C=O) groups is 1. The van der Waals surface area contributed by atoms with Crippen LogP contribution in [0.15, 0.2) is 24.3 Å². The van der Waals surface area contributed by atoms with E-state index in [0.29, 0.717) is 24.6 Å². The zero-order valence-electron chi connectivity index (χ0n) is 12.3. The van der Waals surface area contributed by atoms with Gasteiger partial charge in [-0.25, -0.2) is 0 Å². The van der Waals surface area contributed by atoms with Gasteiger partial charge in [0, 0.05) is 18.7 Å². The average molecular weight is 316 g/mol. The summed E-state index contributed by atoms with van der Waals surface area (Å²) in [6.07, 6.45) is -2.86. The molecule has 1 heterocycles. The molecule has 0 unspecified atom stereocenters. The van der Waals surface area contributed by atoms with Crippen LogP contribution in [0, 0.1) is 5.92 Å². The average Bonchev–Trinajstić information content (AvgIpc) is 2.47. The van der Waals surface area contributed by atoms with Crippen LogP contribution in [0.2, 0.25) is 0 Å². The highest BCUT2D eigenvalue weighted by atomic mass is 19.4. The molecule has 1 aromatic rings. The van der Waals surface area contributed by atoms with Crippen LogP contribution < -0.4 is 10.1 Å². The van der Waals surface area contributed by atoms with Crippen LogP contribution in [0.5, 0.6) is 5.75 Å². The third kappa shape index (κ3) is 4.62. The number of rotatable bonds is 4. The van der Waals surface area contributed by atoms with Crippen molar-refractivity contribution >= 4 is 5.91 Å². The van der Waals surface area contributed by atoms with Gasteiger partial charge in [0.25, 0.3) is 5.91 Å². The fourth-order valence-electron chi connectivity index (χ4n) is 2.61. The summed E-state index contributed by atoms with van der Waals surface area (Å²) in [4.78, 5) is 14.0. The Morgan fingerprint density at radius 2 is 1.86 bits per heavy atom. The number of piperidine rings is 1. The van der Waals surface area contributed by atoms with Crippen LogP contribution in [0.4, 0.5) is 13.2 Å². The lowest BCUT2D eigenvalue weighted by molar-refractivity contribution is -0.274. The molecule has 7 heteroatoms. The molecule has 1 fully saturated rings. The van der Waals surface area contributed by atoms with Crippen molar-refractivity contribution in [3.05, 3.63) is 29.8 Å². The predicted octanol–water partition coefficient (Wildman–Crippen LogP) is 2.66. The number of amides is 1. The van der Waals surface area contributed by atoms with Gasteiger partial charge in [0.1, 0.15) is 5.75 Å². The molecule has 122 valence electrons. The van der Waals surface area contributed by atoms with Crippen LogP contribution in [-0.4, -0.2) is 43.9 Å². The van der Waals surface area contributed by atoms with Gasteiger partial charge in [-0.05, 0) is 56.6 Å². The van der Waals surface area contributed by atoms with Gasteiger partial charge in [0.05, 0.1) is 0 Å². The normalized spacial score (nSPS) is 16.6. The minimum absolute atomic E-state index is 0.151. The summed E-state index contributed by atoms with van der Waals surface area (Å²) in [5, 5.41) is 3.13. The van der Waals surface area contributed by atoms with Gasteiger partial charge >= 0.3 is 6.36 Å². The van der Waals surface area contributed by atoms with Crippen LogP contribution in [0.25, 0.3) is 0 Å². The molecule has 22 heavy (non-hydrogen) atoms. The number of halogens is 3. The van der Waals surface area contributed by atoms with Crippen LogP contribution in [0.3, 0.4) is 0 Å². The molecule has 0 bridgehead atoms. The Hall–Kier alpha value is -1.76. The van der Waals surface area contributed by atoms with Gasteiger partial charge in [0.2, 0.25) is 0 Å². The summed E-state index contributed by atoms with van der Waals surface area (Å²) in [6.45, 7) is 2.28. The fourth-order valence-corrected chi connectivity index (χ4v) is 2.61. The van der Waals surface area contributed by atoms with E-state index in [1.165, 1.54) is 12.1 Å². The molecule has 0 radical (unpaired) electrons.